The molecule has 82 valence electrons. The summed E-state index contributed by atoms with van der Waals surface area (Å²) in [6.45, 7) is 0. The van der Waals surface area contributed by atoms with E-state index < -0.39 is 5.82 Å². The molecule has 5 heteroatoms. The average Bonchev–Trinajstić information content (AvgIpc) is 2.62. The number of halogens is 2. The number of benzene rings is 1. The molecule has 2 rings (SSSR count). The first-order valence-electron chi connectivity index (χ1n) is 4.56. The van der Waals surface area contributed by atoms with Crippen LogP contribution in [-0.4, -0.2) is 15.3 Å². The fraction of sp³-hybridized carbons (Fsp3) is 0.0909. The maximum atomic E-state index is 13.1. The lowest BCUT2D eigenvalue weighted by Crippen LogP contribution is -2.08. The van der Waals surface area contributed by atoms with Crippen LogP contribution in [0.1, 0.15) is 16.2 Å². The third-order valence-corrected chi connectivity index (χ3v) is 2.61. The Balaban J connectivity index is 2.45. The lowest BCUT2D eigenvalue weighted by atomic mass is 10.1. The number of aromatic nitrogens is 2. The van der Waals surface area contributed by atoms with E-state index in [4.69, 9.17) is 0 Å². The van der Waals surface area contributed by atoms with E-state index in [1.54, 1.807) is 23.9 Å². The Morgan fingerprint density at radius 1 is 1.44 bits per heavy atom. The summed E-state index contributed by atoms with van der Waals surface area (Å²) in [4.78, 5) is 15.9. The van der Waals surface area contributed by atoms with Crippen LogP contribution in [-0.2, 0) is 7.05 Å². The molecular weight excluding hydrogens is 275 g/mol. The molecule has 1 aromatic heterocycles. The van der Waals surface area contributed by atoms with Gasteiger partial charge in [-0.15, -0.1) is 0 Å². The molecule has 0 saturated heterocycles. The van der Waals surface area contributed by atoms with Gasteiger partial charge in [0.2, 0.25) is 5.78 Å². The van der Waals surface area contributed by atoms with Crippen molar-refractivity contribution in [2.45, 2.75) is 0 Å². The molecule has 0 radical (unpaired) electrons. The molecule has 0 bridgehead atoms. The Morgan fingerprint density at radius 3 is 2.75 bits per heavy atom. The van der Waals surface area contributed by atoms with E-state index in [1.165, 1.54) is 18.3 Å². The summed E-state index contributed by atoms with van der Waals surface area (Å²) in [6.07, 6.45) is 3.20. The standard InChI is InChI=1S/C11H8BrFN2O/c1-15-3-2-14-11(15)10(16)7-4-8(12)6-9(13)5-7/h2-6H,1H3. The molecule has 0 aliphatic rings. The van der Waals surface area contributed by atoms with Crippen molar-refractivity contribution in [1.82, 2.24) is 9.55 Å². The van der Waals surface area contributed by atoms with Gasteiger partial charge in [0, 0.05) is 29.5 Å². The molecule has 16 heavy (non-hydrogen) atoms. The number of aryl methyl sites for hydroxylation is 1. The Kier molecular flexibility index (Phi) is 2.87. The van der Waals surface area contributed by atoms with Crippen LogP contribution in [0.5, 0.6) is 0 Å². The highest BCUT2D eigenvalue weighted by Gasteiger charge is 2.14. The molecule has 0 amide bonds. The highest BCUT2D eigenvalue weighted by Crippen LogP contribution is 2.17. The highest BCUT2D eigenvalue weighted by atomic mass is 79.9. The molecule has 0 atom stereocenters. The molecule has 0 unspecified atom stereocenters. The van der Waals surface area contributed by atoms with Gasteiger partial charge >= 0.3 is 0 Å². The van der Waals surface area contributed by atoms with Crippen LogP contribution in [0.4, 0.5) is 4.39 Å². The molecular formula is C11H8BrFN2O. The molecule has 0 spiro atoms. The second-order valence-corrected chi connectivity index (χ2v) is 4.26. The zero-order valence-corrected chi connectivity index (χ0v) is 10.0. The minimum Gasteiger partial charge on any atom is -0.331 e. The number of hydrogen-bond acceptors (Lipinski definition) is 2. The van der Waals surface area contributed by atoms with Crippen molar-refractivity contribution in [3.8, 4) is 0 Å². The van der Waals surface area contributed by atoms with E-state index in [0.717, 1.165) is 0 Å². The molecule has 3 nitrogen and oxygen atoms in total. The molecule has 0 aliphatic carbocycles. The number of ketones is 1. The zero-order chi connectivity index (χ0) is 11.7. The van der Waals surface area contributed by atoms with E-state index in [9.17, 15) is 9.18 Å². The van der Waals surface area contributed by atoms with E-state index in [-0.39, 0.29) is 17.2 Å². The van der Waals surface area contributed by atoms with E-state index in [1.807, 2.05) is 0 Å². The normalized spacial score (nSPS) is 10.4. The predicted octanol–water partition coefficient (Wildman–Crippen LogP) is 2.55. The lowest BCUT2D eigenvalue weighted by Gasteiger charge is -2.02. The van der Waals surface area contributed by atoms with Crippen LogP contribution >= 0.6 is 15.9 Å². The number of carbonyl (C=O) groups is 1. The van der Waals surface area contributed by atoms with Crippen molar-refractivity contribution in [3.05, 3.63) is 52.3 Å². The Labute approximate surface area is 100 Å². The third-order valence-electron chi connectivity index (χ3n) is 2.15. The summed E-state index contributed by atoms with van der Waals surface area (Å²) < 4.78 is 15.3. The second kappa shape index (κ2) is 4.17. The van der Waals surface area contributed by atoms with Crippen molar-refractivity contribution < 1.29 is 9.18 Å². The van der Waals surface area contributed by atoms with Crippen LogP contribution < -0.4 is 0 Å². The summed E-state index contributed by atoms with van der Waals surface area (Å²) in [5.74, 6) is -0.461. The maximum absolute atomic E-state index is 13.1. The quantitative estimate of drug-likeness (QED) is 0.794. The minimum absolute atomic E-state index is 0.279. The van der Waals surface area contributed by atoms with Gasteiger partial charge in [-0.25, -0.2) is 9.37 Å². The Bertz CT molecular complexity index is 530. The smallest absolute Gasteiger partial charge is 0.228 e. The summed E-state index contributed by atoms with van der Waals surface area (Å²) in [5, 5.41) is 0. The molecule has 1 aromatic carbocycles. The van der Waals surface area contributed by atoms with E-state index in [2.05, 4.69) is 20.9 Å². The van der Waals surface area contributed by atoms with Crippen molar-refractivity contribution in [2.24, 2.45) is 7.05 Å². The maximum Gasteiger partial charge on any atom is 0.228 e. The summed E-state index contributed by atoms with van der Waals surface area (Å²) >= 11 is 3.14. The van der Waals surface area contributed by atoms with Gasteiger partial charge in [0.25, 0.3) is 0 Å². The van der Waals surface area contributed by atoms with Crippen molar-refractivity contribution in [2.75, 3.05) is 0 Å². The van der Waals surface area contributed by atoms with Crippen LogP contribution in [0, 0.1) is 5.82 Å². The first-order chi connectivity index (χ1) is 7.58. The third kappa shape index (κ3) is 2.04. The molecule has 0 aliphatic heterocycles. The number of hydrogen-bond donors (Lipinski definition) is 0. The van der Waals surface area contributed by atoms with Gasteiger partial charge in [-0.2, -0.15) is 0 Å². The second-order valence-electron chi connectivity index (χ2n) is 3.35. The van der Waals surface area contributed by atoms with Crippen molar-refractivity contribution in [1.29, 1.82) is 0 Å². The van der Waals surface area contributed by atoms with Gasteiger partial charge in [0.1, 0.15) is 5.82 Å². The van der Waals surface area contributed by atoms with Crippen LogP contribution in [0.15, 0.2) is 35.1 Å². The number of nitrogens with zero attached hydrogens (tertiary/aromatic N) is 2. The molecule has 0 fully saturated rings. The van der Waals surface area contributed by atoms with E-state index >= 15 is 0 Å². The fourth-order valence-corrected chi connectivity index (χ4v) is 1.86. The SMILES string of the molecule is Cn1ccnc1C(=O)c1cc(F)cc(Br)c1. The van der Waals surface area contributed by atoms with Crippen LogP contribution in [0.2, 0.25) is 0 Å². The lowest BCUT2D eigenvalue weighted by molar-refractivity contribution is 0.102. The van der Waals surface area contributed by atoms with Crippen LogP contribution in [0.25, 0.3) is 0 Å². The van der Waals surface area contributed by atoms with Gasteiger partial charge in [-0.3, -0.25) is 4.79 Å². The Morgan fingerprint density at radius 2 is 2.19 bits per heavy atom. The fourth-order valence-electron chi connectivity index (χ4n) is 1.40. The van der Waals surface area contributed by atoms with Crippen molar-refractivity contribution >= 4 is 21.7 Å². The molecule has 2 aromatic rings. The van der Waals surface area contributed by atoms with Crippen molar-refractivity contribution in [3.63, 3.8) is 0 Å². The number of rotatable bonds is 2. The van der Waals surface area contributed by atoms with Gasteiger partial charge in [-0.1, -0.05) is 15.9 Å². The summed E-state index contributed by atoms with van der Waals surface area (Å²) in [7, 11) is 1.72. The molecule has 1 heterocycles. The molecule has 0 N–H and O–H groups in total. The topological polar surface area (TPSA) is 34.9 Å². The van der Waals surface area contributed by atoms with Crippen LogP contribution in [0.3, 0.4) is 0 Å². The molecule has 0 saturated carbocycles. The van der Waals surface area contributed by atoms with E-state index in [0.29, 0.717) is 4.47 Å². The minimum atomic E-state index is -0.452. The monoisotopic (exact) mass is 282 g/mol. The number of carbonyl (C=O) groups excluding carboxylic acids is 1. The summed E-state index contributed by atoms with van der Waals surface area (Å²) in [6, 6.07) is 4.07. The first kappa shape index (κ1) is 11.0. The largest absolute Gasteiger partial charge is 0.331 e. The number of imidazole rings is 1. The zero-order valence-electron chi connectivity index (χ0n) is 8.45. The first-order valence-corrected chi connectivity index (χ1v) is 5.35. The predicted molar refractivity (Wildman–Crippen MR) is 60.7 cm³/mol. The average molecular weight is 283 g/mol. The highest BCUT2D eigenvalue weighted by molar-refractivity contribution is 9.10. The summed E-state index contributed by atoms with van der Waals surface area (Å²) in [5.41, 5.74) is 0.279. The van der Waals surface area contributed by atoms with Gasteiger partial charge in [-0.05, 0) is 18.2 Å². The van der Waals surface area contributed by atoms with Gasteiger partial charge in [0.15, 0.2) is 5.82 Å². The Hall–Kier alpha value is -1.49. The van der Waals surface area contributed by atoms with Gasteiger partial charge < -0.3 is 4.57 Å². The van der Waals surface area contributed by atoms with Gasteiger partial charge in [0.05, 0.1) is 0 Å².